The molecule has 40 heavy (non-hydrogen) atoms. The molecule has 1 unspecified atom stereocenters. The molecule has 3 N–H and O–H groups in total. The minimum atomic E-state index is -4.67. The van der Waals surface area contributed by atoms with Crippen molar-refractivity contribution in [2.75, 3.05) is 6.54 Å². The summed E-state index contributed by atoms with van der Waals surface area (Å²) in [5.41, 5.74) is 2.90. The third kappa shape index (κ3) is 6.89. The van der Waals surface area contributed by atoms with Crippen LogP contribution in [0.2, 0.25) is 0 Å². The van der Waals surface area contributed by atoms with E-state index in [2.05, 4.69) is 15.9 Å². The van der Waals surface area contributed by atoms with Crippen molar-refractivity contribution in [2.45, 2.75) is 71.4 Å². The molecule has 214 valence electrons. The number of hydrogen-bond acceptors (Lipinski definition) is 5. The topological polar surface area (TPSA) is 133 Å². The zero-order valence-corrected chi connectivity index (χ0v) is 24.2. The highest BCUT2D eigenvalue weighted by Crippen LogP contribution is 2.38. The fourth-order valence-corrected chi connectivity index (χ4v) is 6.00. The highest BCUT2D eigenvalue weighted by atomic mass is 31.2. The summed E-state index contributed by atoms with van der Waals surface area (Å²) in [6.45, 7) is 7.84. The second-order valence-corrected chi connectivity index (χ2v) is 12.8. The lowest BCUT2D eigenvalue weighted by molar-refractivity contribution is -0.143. The van der Waals surface area contributed by atoms with E-state index in [1.165, 1.54) is 23.8 Å². The maximum atomic E-state index is 13.9. The number of amides is 2. The maximum Gasteiger partial charge on any atom is 0.524 e. The SMILES string of the molecule is C/C(=C\C(=O)N[C@H](C(=O)N1CCC[C@H]1C(=O)C1CCc2ccccc21)C(C)(C)C)c1ccc(OP(=O)(O)O)cc1. The summed E-state index contributed by atoms with van der Waals surface area (Å²) in [5.74, 6) is -0.831. The number of fused-ring (bicyclic) bond motifs is 1. The number of benzene rings is 2. The van der Waals surface area contributed by atoms with Gasteiger partial charge in [0.25, 0.3) is 0 Å². The smallest absolute Gasteiger partial charge is 0.404 e. The monoisotopic (exact) mass is 568 g/mol. The quantitative estimate of drug-likeness (QED) is 0.318. The molecular formula is C30H37N2O7P. The largest absolute Gasteiger partial charge is 0.524 e. The molecule has 0 radical (unpaired) electrons. The van der Waals surface area contributed by atoms with Gasteiger partial charge in [-0.1, -0.05) is 57.2 Å². The van der Waals surface area contributed by atoms with E-state index in [0.29, 0.717) is 24.1 Å². The average molecular weight is 569 g/mol. The van der Waals surface area contributed by atoms with Crippen LogP contribution in [0.15, 0.2) is 54.6 Å². The van der Waals surface area contributed by atoms with Crippen LogP contribution in [0.3, 0.4) is 0 Å². The van der Waals surface area contributed by atoms with Gasteiger partial charge in [-0.05, 0) is 72.4 Å². The van der Waals surface area contributed by atoms with E-state index in [9.17, 15) is 18.9 Å². The van der Waals surface area contributed by atoms with Gasteiger partial charge in [0, 0.05) is 18.5 Å². The van der Waals surface area contributed by atoms with Crippen molar-refractivity contribution in [1.82, 2.24) is 10.2 Å². The summed E-state index contributed by atoms with van der Waals surface area (Å²) in [6.07, 6.45) is 4.36. The van der Waals surface area contributed by atoms with Crippen molar-refractivity contribution in [3.63, 3.8) is 0 Å². The van der Waals surface area contributed by atoms with Gasteiger partial charge in [-0.3, -0.25) is 24.2 Å². The van der Waals surface area contributed by atoms with Crippen molar-refractivity contribution in [1.29, 1.82) is 0 Å². The minimum Gasteiger partial charge on any atom is -0.404 e. The van der Waals surface area contributed by atoms with Crippen LogP contribution in [0, 0.1) is 5.41 Å². The number of Topliss-reactive ketones (excluding diaryl/α,β-unsaturated/α-hetero) is 1. The summed E-state index contributed by atoms with van der Waals surface area (Å²) >= 11 is 0. The molecule has 10 heteroatoms. The van der Waals surface area contributed by atoms with Crippen LogP contribution >= 0.6 is 7.82 Å². The molecule has 0 aromatic heterocycles. The third-order valence-corrected chi connectivity index (χ3v) is 8.07. The van der Waals surface area contributed by atoms with Gasteiger partial charge in [-0.25, -0.2) is 4.57 Å². The summed E-state index contributed by atoms with van der Waals surface area (Å²) in [7, 11) is -4.67. The van der Waals surface area contributed by atoms with Crippen molar-refractivity contribution in [3.05, 3.63) is 71.3 Å². The number of phosphoric acid groups is 1. The first-order chi connectivity index (χ1) is 18.7. The number of hydrogen-bond donors (Lipinski definition) is 3. The van der Waals surface area contributed by atoms with Crippen LogP contribution in [0.5, 0.6) is 5.75 Å². The van der Waals surface area contributed by atoms with Gasteiger partial charge < -0.3 is 14.7 Å². The van der Waals surface area contributed by atoms with Crippen molar-refractivity contribution < 1.29 is 33.3 Å². The molecule has 9 nitrogen and oxygen atoms in total. The first-order valence-electron chi connectivity index (χ1n) is 13.5. The zero-order valence-electron chi connectivity index (χ0n) is 23.3. The standard InChI is InChI=1S/C30H37N2O7P/c1-19(20-11-14-22(15-12-20)39-40(36,37)38)18-26(33)31-28(30(2,3)4)29(35)32-17-7-10-25(32)27(34)24-16-13-21-8-5-6-9-23(21)24/h5-6,8-9,11-12,14-15,18,24-25,28H,7,10,13,16-17H2,1-4H3,(H,31,33)(H2,36,37,38)/b19-18+/t24?,25-,28+/m0/s1. The van der Waals surface area contributed by atoms with Crippen LogP contribution in [0.4, 0.5) is 0 Å². The molecule has 1 fully saturated rings. The lowest BCUT2D eigenvalue weighted by atomic mass is 9.85. The minimum absolute atomic E-state index is 0.00327. The van der Waals surface area contributed by atoms with E-state index in [0.717, 1.165) is 24.8 Å². The summed E-state index contributed by atoms with van der Waals surface area (Å²) in [6, 6.07) is 12.6. The summed E-state index contributed by atoms with van der Waals surface area (Å²) in [5, 5.41) is 2.88. The van der Waals surface area contributed by atoms with E-state index in [1.54, 1.807) is 24.0 Å². The Bertz CT molecular complexity index is 1360. The van der Waals surface area contributed by atoms with Gasteiger partial charge in [0.05, 0.1) is 6.04 Å². The third-order valence-electron chi connectivity index (χ3n) is 7.62. The highest BCUT2D eigenvalue weighted by molar-refractivity contribution is 7.46. The Morgan fingerprint density at radius 2 is 1.75 bits per heavy atom. The molecule has 0 saturated carbocycles. The van der Waals surface area contributed by atoms with Crippen LogP contribution in [0.25, 0.3) is 5.57 Å². The van der Waals surface area contributed by atoms with Gasteiger partial charge in [0.2, 0.25) is 11.8 Å². The van der Waals surface area contributed by atoms with Crippen LogP contribution in [-0.4, -0.2) is 50.9 Å². The Morgan fingerprint density at radius 3 is 2.40 bits per heavy atom. The highest BCUT2D eigenvalue weighted by Gasteiger charge is 2.44. The first-order valence-corrected chi connectivity index (χ1v) is 15.0. The van der Waals surface area contributed by atoms with Crippen molar-refractivity contribution in [2.24, 2.45) is 5.41 Å². The number of allylic oxidation sites excluding steroid dienone is 1. The van der Waals surface area contributed by atoms with Crippen LogP contribution < -0.4 is 9.84 Å². The number of carbonyl (C=O) groups is 3. The molecule has 0 spiro atoms. The Hall–Kier alpha value is -3.26. The molecule has 1 aliphatic heterocycles. The van der Waals surface area contributed by atoms with Crippen LogP contribution in [-0.2, 0) is 25.4 Å². The van der Waals surface area contributed by atoms with Crippen molar-refractivity contribution >= 4 is 31.0 Å². The van der Waals surface area contributed by atoms with Crippen LogP contribution in [0.1, 0.15) is 69.6 Å². The van der Waals surface area contributed by atoms with E-state index >= 15 is 0 Å². The van der Waals surface area contributed by atoms with Gasteiger partial charge in [0.15, 0.2) is 5.78 Å². The molecule has 2 amide bonds. The predicted molar refractivity (Wildman–Crippen MR) is 151 cm³/mol. The van der Waals surface area contributed by atoms with E-state index in [-0.39, 0.29) is 23.4 Å². The van der Waals surface area contributed by atoms with Gasteiger partial charge in [-0.15, -0.1) is 0 Å². The number of phosphoric ester groups is 1. The lowest BCUT2D eigenvalue weighted by Crippen LogP contribution is -2.56. The Balaban J connectivity index is 1.48. The molecule has 2 aromatic rings. The molecule has 3 atom stereocenters. The van der Waals surface area contributed by atoms with Gasteiger partial charge in [-0.2, -0.15) is 0 Å². The van der Waals surface area contributed by atoms with Gasteiger partial charge in [0.1, 0.15) is 11.8 Å². The molecule has 1 heterocycles. The van der Waals surface area contributed by atoms with Crippen molar-refractivity contribution in [3.8, 4) is 5.75 Å². The number of likely N-dealkylation sites (tertiary alicyclic amines) is 1. The molecular weight excluding hydrogens is 531 g/mol. The van der Waals surface area contributed by atoms with Gasteiger partial charge >= 0.3 is 7.82 Å². The summed E-state index contributed by atoms with van der Waals surface area (Å²) < 4.78 is 15.6. The van der Waals surface area contributed by atoms with E-state index < -0.39 is 31.2 Å². The maximum absolute atomic E-state index is 13.9. The molecule has 0 bridgehead atoms. The second-order valence-electron chi connectivity index (χ2n) is 11.6. The number of aryl methyl sites for hydroxylation is 1. The van der Waals surface area contributed by atoms with E-state index in [1.807, 2.05) is 39.0 Å². The normalized spacial score (nSPS) is 20.1. The number of carbonyl (C=O) groups excluding carboxylic acids is 3. The second kappa shape index (κ2) is 11.7. The molecule has 4 rings (SSSR count). The number of ketones is 1. The first kappa shape index (κ1) is 29.7. The summed E-state index contributed by atoms with van der Waals surface area (Å²) in [4.78, 5) is 60.2. The zero-order chi connectivity index (χ0) is 29.2. The predicted octanol–water partition coefficient (Wildman–Crippen LogP) is 4.38. The molecule has 1 aliphatic carbocycles. The number of rotatable bonds is 8. The fraction of sp³-hybridized carbons (Fsp3) is 0.433. The molecule has 2 aliphatic rings. The number of nitrogens with zero attached hydrogens (tertiary/aromatic N) is 1. The number of nitrogens with one attached hydrogen (secondary N) is 1. The molecule has 2 aromatic carbocycles. The van der Waals surface area contributed by atoms with E-state index in [4.69, 9.17) is 9.79 Å². The average Bonchev–Trinajstić information content (AvgIpc) is 3.53. The Kier molecular flexibility index (Phi) is 8.69. The Morgan fingerprint density at radius 1 is 1.07 bits per heavy atom. The lowest BCUT2D eigenvalue weighted by Gasteiger charge is -2.35. The fourth-order valence-electron chi connectivity index (χ4n) is 5.61. The molecule has 1 saturated heterocycles. The Labute approximate surface area is 234 Å².